The van der Waals surface area contributed by atoms with Gasteiger partial charge in [-0.1, -0.05) is 23.7 Å². The highest BCUT2D eigenvalue weighted by molar-refractivity contribution is 6.30. The van der Waals surface area contributed by atoms with Gasteiger partial charge >= 0.3 is 0 Å². The molecule has 0 fully saturated rings. The topological polar surface area (TPSA) is 38.7 Å². The molecular weight excluding hydrogens is 258 g/mol. The number of halogens is 1. The second kappa shape index (κ2) is 5.16. The second-order valence-corrected chi connectivity index (χ2v) is 4.39. The molecule has 19 heavy (non-hydrogen) atoms. The molecule has 0 bridgehead atoms. The average Bonchev–Trinajstić information content (AvgIpc) is 2.49. The molecule has 91 valence electrons. The molecule has 0 N–H and O–H groups in total. The Balaban J connectivity index is 1.93. The van der Waals surface area contributed by atoms with Crippen LogP contribution in [0.1, 0.15) is 0 Å². The molecule has 2 heterocycles. The number of benzene rings is 1. The van der Waals surface area contributed by atoms with Crippen LogP contribution < -0.4 is 0 Å². The van der Waals surface area contributed by atoms with Gasteiger partial charge in [-0.15, -0.1) is 0 Å². The second-order valence-electron chi connectivity index (χ2n) is 3.95. The van der Waals surface area contributed by atoms with E-state index >= 15 is 0 Å². The maximum Gasteiger partial charge on any atom is 0.0995 e. The Morgan fingerprint density at radius 1 is 0.895 bits per heavy atom. The van der Waals surface area contributed by atoms with Crippen LogP contribution in [-0.4, -0.2) is 15.0 Å². The molecule has 2 aromatic heterocycles. The number of pyridine rings is 1. The standard InChI is InChI=1S/C15H9ClN3/c16-13-4-1-11(2-5-13)14-6-3-12(9-19-14)15-10-17-7-8-18-15/h1-8,10H. The van der Waals surface area contributed by atoms with E-state index in [2.05, 4.69) is 21.1 Å². The van der Waals surface area contributed by atoms with Crippen LogP contribution >= 0.6 is 11.6 Å². The Hall–Kier alpha value is -2.26. The average molecular weight is 267 g/mol. The predicted octanol–water partition coefficient (Wildman–Crippen LogP) is 3.66. The Bertz CT molecular complexity index is 664. The molecule has 0 saturated carbocycles. The Labute approximate surface area is 116 Å². The molecule has 0 unspecified atom stereocenters. The van der Waals surface area contributed by atoms with Crippen LogP contribution in [0.5, 0.6) is 0 Å². The number of aromatic nitrogens is 3. The van der Waals surface area contributed by atoms with Gasteiger partial charge in [0.2, 0.25) is 0 Å². The van der Waals surface area contributed by atoms with Gasteiger partial charge in [0.15, 0.2) is 0 Å². The molecule has 0 spiro atoms. The molecule has 0 aliphatic carbocycles. The smallest absolute Gasteiger partial charge is 0.0995 e. The van der Waals surface area contributed by atoms with Crippen LogP contribution in [0.2, 0.25) is 5.02 Å². The number of nitrogens with zero attached hydrogens (tertiary/aromatic N) is 3. The van der Waals surface area contributed by atoms with Gasteiger partial charge in [-0.3, -0.25) is 9.97 Å². The van der Waals surface area contributed by atoms with Crippen LogP contribution in [0.15, 0.2) is 55.0 Å². The van der Waals surface area contributed by atoms with E-state index in [1.807, 2.05) is 36.4 Å². The third kappa shape index (κ3) is 2.61. The molecule has 0 saturated heterocycles. The lowest BCUT2D eigenvalue weighted by Gasteiger charge is -2.02. The summed E-state index contributed by atoms with van der Waals surface area (Å²) in [5, 5.41) is 0.712. The van der Waals surface area contributed by atoms with Crippen LogP contribution in [0.25, 0.3) is 22.5 Å². The first kappa shape index (κ1) is 11.8. The summed E-state index contributed by atoms with van der Waals surface area (Å²) >= 11 is 5.86. The van der Waals surface area contributed by atoms with Crippen molar-refractivity contribution in [1.29, 1.82) is 0 Å². The zero-order valence-corrected chi connectivity index (χ0v) is 10.7. The molecular formula is C15H9ClN3. The fourth-order valence-corrected chi connectivity index (χ4v) is 1.85. The van der Waals surface area contributed by atoms with Gasteiger partial charge in [0.25, 0.3) is 0 Å². The normalized spacial score (nSPS) is 10.4. The summed E-state index contributed by atoms with van der Waals surface area (Å²) in [5.41, 5.74) is 3.44. The monoisotopic (exact) mass is 266 g/mol. The minimum atomic E-state index is 0.712. The molecule has 0 aliphatic rings. The lowest BCUT2D eigenvalue weighted by molar-refractivity contribution is 1.19. The molecule has 1 aromatic carbocycles. The van der Waals surface area contributed by atoms with Gasteiger partial charge < -0.3 is 0 Å². The van der Waals surface area contributed by atoms with E-state index in [0.717, 1.165) is 22.5 Å². The maximum atomic E-state index is 5.86. The number of rotatable bonds is 2. The van der Waals surface area contributed by atoms with E-state index < -0.39 is 0 Å². The highest BCUT2D eigenvalue weighted by atomic mass is 35.5. The molecule has 3 aromatic rings. The van der Waals surface area contributed by atoms with Gasteiger partial charge in [-0.2, -0.15) is 0 Å². The summed E-state index contributed by atoms with van der Waals surface area (Å²) in [4.78, 5) is 12.6. The van der Waals surface area contributed by atoms with Crippen LogP contribution in [0.3, 0.4) is 0 Å². The van der Waals surface area contributed by atoms with E-state index in [-0.39, 0.29) is 0 Å². The Morgan fingerprint density at radius 3 is 2.37 bits per heavy atom. The van der Waals surface area contributed by atoms with Gasteiger partial charge in [0.1, 0.15) is 0 Å². The SMILES string of the molecule is Clc1ccc(-c2ccc(-c3cnccn3)[c]n2)cc1. The molecule has 3 rings (SSSR count). The molecule has 0 aliphatic heterocycles. The summed E-state index contributed by atoms with van der Waals surface area (Å²) in [5.74, 6) is 0. The van der Waals surface area contributed by atoms with E-state index in [0.29, 0.717) is 5.02 Å². The predicted molar refractivity (Wildman–Crippen MR) is 74.5 cm³/mol. The highest BCUT2D eigenvalue weighted by Crippen LogP contribution is 2.21. The lowest BCUT2D eigenvalue weighted by Crippen LogP contribution is -1.88. The van der Waals surface area contributed by atoms with E-state index in [1.165, 1.54) is 0 Å². The first-order chi connectivity index (χ1) is 9.33. The molecule has 1 radical (unpaired) electrons. The minimum absolute atomic E-state index is 0.712. The quantitative estimate of drug-likeness (QED) is 0.710. The van der Waals surface area contributed by atoms with Crippen molar-refractivity contribution in [2.75, 3.05) is 0 Å². The summed E-state index contributed by atoms with van der Waals surface area (Å²) < 4.78 is 0. The maximum absolute atomic E-state index is 5.86. The first-order valence-electron chi connectivity index (χ1n) is 5.74. The van der Waals surface area contributed by atoms with Crippen LogP contribution in [-0.2, 0) is 0 Å². The largest absolute Gasteiger partial charge is 0.261 e. The minimum Gasteiger partial charge on any atom is -0.261 e. The van der Waals surface area contributed by atoms with E-state index in [4.69, 9.17) is 11.6 Å². The summed E-state index contributed by atoms with van der Waals surface area (Å²) in [6, 6.07) is 11.4. The Kier molecular flexibility index (Phi) is 3.21. The lowest BCUT2D eigenvalue weighted by atomic mass is 10.1. The summed E-state index contributed by atoms with van der Waals surface area (Å²) in [6.45, 7) is 0. The number of hydrogen-bond acceptors (Lipinski definition) is 3. The van der Waals surface area contributed by atoms with Crippen LogP contribution in [0, 0.1) is 6.20 Å². The third-order valence-corrected chi connectivity index (χ3v) is 2.94. The van der Waals surface area contributed by atoms with Crippen molar-refractivity contribution in [3.63, 3.8) is 0 Å². The van der Waals surface area contributed by atoms with Crippen molar-refractivity contribution >= 4 is 11.6 Å². The van der Waals surface area contributed by atoms with E-state index in [9.17, 15) is 0 Å². The highest BCUT2D eigenvalue weighted by Gasteiger charge is 2.03. The van der Waals surface area contributed by atoms with Crippen molar-refractivity contribution in [1.82, 2.24) is 15.0 Å². The summed E-state index contributed by atoms with van der Waals surface area (Å²) in [7, 11) is 0. The Morgan fingerprint density at radius 2 is 1.74 bits per heavy atom. The van der Waals surface area contributed by atoms with E-state index in [1.54, 1.807) is 18.6 Å². The van der Waals surface area contributed by atoms with Crippen LogP contribution in [0.4, 0.5) is 0 Å². The van der Waals surface area contributed by atoms with Gasteiger partial charge in [-0.25, -0.2) is 4.98 Å². The van der Waals surface area contributed by atoms with Crippen molar-refractivity contribution in [3.05, 3.63) is 66.2 Å². The molecule has 4 heteroatoms. The van der Waals surface area contributed by atoms with Crippen molar-refractivity contribution in [3.8, 4) is 22.5 Å². The molecule has 3 nitrogen and oxygen atoms in total. The van der Waals surface area contributed by atoms with Gasteiger partial charge in [0, 0.05) is 28.5 Å². The molecule has 0 amide bonds. The zero-order chi connectivity index (χ0) is 13.1. The fraction of sp³-hybridized carbons (Fsp3) is 0. The van der Waals surface area contributed by atoms with Crippen molar-refractivity contribution in [2.45, 2.75) is 0 Å². The van der Waals surface area contributed by atoms with Gasteiger partial charge in [0.05, 0.1) is 23.8 Å². The van der Waals surface area contributed by atoms with Crippen molar-refractivity contribution < 1.29 is 0 Å². The van der Waals surface area contributed by atoms with Crippen molar-refractivity contribution in [2.24, 2.45) is 0 Å². The third-order valence-electron chi connectivity index (χ3n) is 2.68. The summed E-state index contributed by atoms with van der Waals surface area (Å²) in [6.07, 6.45) is 7.96. The number of hydrogen-bond donors (Lipinski definition) is 0. The first-order valence-corrected chi connectivity index (χ1v) is 6.12. The van der Waals surface area contributed by atoms with Gasteiger partial charge in [-0.05, 0) is 24.3 Å². The fourth-order valence-electron chi connectivity index (χ4n) is 1.72. The molecule has 0 atom stereocenters. The zero-order valence-electron chi connectivity index (χ0n) is 9.92.